The number of hydrogen-bond acceptors (Lipinski definition) is 14. The summed E-state index contributed by atoms with van der Waals surface area (Å²) in [6.45, 7) is 11.0. The maximum atomic E-state index is 14.1. The summed E-state index contributed by atoms with van der Waals surface area (Å²) in [4.78, 5) is 69.6. The molecule has 20 heteroatoms. The summed E-state index contributed by atoms with van der Waals surface area (Å²) in [7, 11) is 3.04. The molecule has 0 spiro atoms. The molecule has 71 heavy (non-hydrogen) atoms. The SMILES string of the molecule is COc1cc(Nc2c(C#N)cnc3cc(OCCCN4CCN(C(=O)CCC(=O)N[C@H](C(=O)N5CC(O)CC5C(=O)NCc5ccc(-c6scnc6C)cc5)C(C)(C)C)CC4)c(OC)cc23)c(Cl)cc1Cl. The van der Waals surface area contributed by atoms with E-state index in [4.69, 9.17) is 37.4 Å². The number of aliphatic hydroxyl groups excluding tert-OH is 1. The number of carbonyl (C=O) groups excluding carboxylic acids is 4. The minimum absolute atomic E-state index is 0.0234. The Hall–Kier alpha value is -6.23. The highest BCUT2D eigenvalue weighted by Crippen LogP contribution is 2.41. The fourth-order valence-corrected chi connectivity index (χ4v) is 10.0. The number of methoxy groups -OCH3 is 2. The number of aryl methyl sites for hydroxylation is 1. The van der Waals surface area contributed by atoms with Gasteiger partial charge in [0.05, 0.1) is 75.5 Å². The Balaban J connectivity index is 0.856. The van der Waals surface area contributed by atoms with E-state index in [1.165, 1.54) is 25.3 Å². The van der Waals surface area contributed by atoms with Crippen molar-refractivity contribution in [3.8, 4) is 33.8 Å². The number of hydrogen-bond donors (Lipinski definition) is 4. The zero-order valence-corrected chi connectivity index (χ0v) is 43.0. The number of aliphatic hydroxyl groups is 1. The number of amides is 4. The minimum Gasteiger partial charge on any atom is -0.495 e. The second kappa shape index (κ2) is 23.3. The van der Waals surface area contributed by atoms with Gasteiger partial charge >= 0.3 is 0 Å². The smallest absolute Gasteiger partial charge is 0.246 e. The van der Waals surface area contributed by atoms with Gasteiger partial charge in [-0.2, -0.15) is 5.26 Å². The first kappa shape index (κ1) is 52.6. The number of halogens is 2. The van der Waals surface area contributed by atoms with Crippen molar-refractivity contribution < 1.29 is 38.5 Å². The fourth-order valence-electron chi connectivity index (χ4n) is 8.69. The Morgan fingerprint density at radius 2 is 1.69 bits per heavy atom. The van der Waals surface area contributed by atoms with Gasteiger partial charge in [0.15, 0.2) is 11.5 Å². The molecule has 2 unspecified atom stereocenters. The number of β-amino-alcohol motifs (C(OH)–C–C–N with tert-alkyl or cyclic N) is 1. The first-order valence-electron chi connectivity index (χ1n) is 23.4. The van der Waals surface area contributed by atoms with Crippen LogP contribution in [0, 0.1) is 23.7 Å². The molecule has 2 aliphatic rings. The number of benzene rings is 3. The number of fused-ring (bicyclic) bond motifs is 1. The third-order valence-corrected chi connectivity index (χ3v) is 14.2. The van der Waals surface area contributed by atoms with Crippen LogP contribution in [-0.2, 0) is 25.7 Å². The normalized spacial score (nSPS) is 16.6. The standard InChI is InChI=1S/C51H59Cl2N9O8S/c1-30-47(71-29-57-30)32-10-8-31(9-11-32)26-56-49(66)40-20-34(63)28-62(40)50(67)48(51(2,3)4)59-44(64)12-13-45(65)61-17-15-60(16-18-61)14-7-19-70-43-23-38-35(21-42(43)69-6)46(33(25-54)27-55-38)58-39-24-41(68-5)37(53)22-36(39)52/h8-11,21-24,27,29,34,40,48,63H,7,12-20,26,28H2,1-6H3,(H,55,58)(H,56,66)(H,59,64)/t34?,40?,48-/m1/s1. The number of carbonyl (C=O) groups is 4. The predicted molar refractivity (Wildman–Crippen MR) is 273 cm³/mol. The van der Waals surface area contributed by atoms with Crippen LogP contribution in [0.3, 0.4) is 0 Å². The molecule has 0 bridgehead atoms. The van der Waals surface area contributed by atoms with Crippen molar-refractivity contribution in [1.29, 1.82) is 5.26 Å². The number of rotatable bonds is 18. The van der Waals surface area contributed by atoms with Crippen molar-refractivity contribution in [2.75, 3.05) is 65.4 Å². The van der Waals surface area contributed by atoms with E-state index in [9.17, 15) is 29.5 Å². The van der Waals surface area contributed by atoms with E-state index < -0.39 is 35.4 Å². The predicted octanol–water partition coefficient (Wildman–Crippen LogP) is 7.11. The van der Waals surface area contributed by atoms with E-state index in [1.54, 1.807) is 46.0 Å². The summed E-state index contributed by atoms with van der Waals surface area (Å²) in [6.07, 6.45) is 1.21. The molecule has 7 rings (SSSR count). The molecule has 4 heterocycles. The number of nitrogens with one attached hydrogen (secondary N) is 3. The monoisotopic (exact) mass is 1030 g/mol. The van der Waals surface area contributed by atoms with Gasteiger partial charge < -0.3 is 45.1 Å². The quantitative estimate of drug-likeness (QED) is 0.0646. The summed E-state index contributed by atoms with van der Waals surface area (Å²) in [6, 6.07) is 14.8. The Bertz CT molecular complexity index is 2790. The van der Waals surface area contributed by atoms with Crippen LogP contribution in [0.15, 0.2) is 60.2 Å². The largest absolute Gasteiger partial charge is 0.495 e. The fraction of sp³-hybridized carbons (Fsp3) is 0.431. The summed E-state index contributed by atoms with van der Waals surface area (Å²) in [5.74, 6) is -0.0935. The number of pyridine rings is 1. The second-order valence-corrected chi connectivity index (χ2v) is 20.3. The van der Waals surface area contributed by atoms with Gasteiger partial charge in [-0.25, -0.2) is 4.98 Å². The van der Waals surface area contributed by atoms with Crippen molar-refractivity contribution >= 4 is 80.4 Å². The van der Waals surface area contributed by atoms with E-state index in [2.05, 4.69) is 36.9 Å². The van der Waals surface area contributed by atoms with Crippen molar-refractivity contribution in [2.24, 2.45) is 5.41 Å². The lowest BCUT2D eigenvalue weighted by Gasteiger charge is -2.36. The van der Waals surface area contributed by atoms with Crippen LogP contribution in [-0.4, -0.2) is 132 Å². The lowest BCUT2D eigenvalue weighted by atomic mass is 9.85. The average Bonchev–Trinajstić information content (AvgIpc) is 3.98. The molecule has 376 valence electrons. The number of aromatic nitrogens is 2. The van der Waals surface area contributed by atoms with Gasteiger partial charge in [-0.1, -0.05) is 68.2 Å². The number of ether oxygens (including phenoxy) is 3. The van der Waals surface area contributed by atoms with Gasteiger partial charge in [0.1, 0.15) is 23.9 Å². The highest BCUT2D eigenvalue weighted by molar-refractivity contribution is 7.13. The lowest BCUT2D eigenvalue weighted by Crippen LogP contribution is -2.57. The number of nitrogens with zero attached hydrogens (tertiary/aromatic N) is 6. The lowest BCUT2D eigenvalue weighted by molar-refractivity contribution is -0.144. The summed E-state index contributed by atoms with van der Waals surface area (Å²) < 4.78 is 17.2. The Morgan fingerprint density at radius 1 is 0.958 bits per heavy atom. The molecule has 0 saturated carbocycles. The zero-order chi connectivity index (χ0) is 51.0. The average molecular weight is 1030 g/mol. The molecular weight excluding hydrogens is 970 g/mol. The highest BCUT2D eigenvalue weighted by atomic mass is 35.5. The van der Waals surface area contributed by atoms with Gasteiger partial charge in [-0.05, 0) is 42.0 Å². The molecule has 17 nitrogen and oxygen atoms in total. The molecule has 3 aromatic carbocycles. The molecule has 4 N–H and O–H groups in total. The number of likely N-dealkylation sites (tertiary alicyclic amines) is 1. The highest BCUT2D eigenvalue weighted by Gasteiger charge is 2.44. The summed E-state index contributed by atoms with van der Waals surface area (Å²) in [5.41, 5.74) is 5.76. The Labute approximate surface area is 427 Å². The van der Waals surface area contributed by atoms with Crippen LogP contribution in [0.2, 0.25) is 10.0 Å². The molecule has 0 aliphatic carbocycles. The first-order valence-corrected chi connectivity index (χ1v) is 25.0. The molecular formula is C51H59Cl2N9O8S. The van der Waals surface area contributed by atoms with E-state index in [0.29, 0.717) is 94.3 Å². The maximum absolute atomic E-state index is 14.1. The molecule has 2 fully saturated rings. The van der Waals surface area contributed by atoms with Gasteiger partial charge in [-0.15, -0.1) is 11.3 Å². The van der Waals surface area contributed by atoms with Gasteiger partial charge in [0, 0.05) is 88.8 Å². The van der Waals surface area contributed by atoms with Gasteiger partial charge in [-0.3, -0.25) is 29.1 Å². The second-order valence-electron chi connectivity index (χ2n) is 18.6. The number of anilines is 2. The zero-order valence-electron chi connectivity index (χ0n) is 40.6. The molecule has 3 atom stereocenters. The molecule has 4 amide bonds. The molecule has 2 aromatic heterocycles. The number of nitriles is 1. The van der Waals surface area contributed by atoms with Crippen LogP contribution in [0.5, 0.6) is 17.2 Å². The molecule has 0 radical (unpaired) electrons. The van der Waals surface area contributed by atoms with Crippen molar-refractivity contribution in [3.63, 3.8) is 0 Å². The van der Waals surface area contributed by atoms with Crippen LogP contribution in [0.4, 0.5) is 11.4 Å². The first-order chi connectivity index (χ1) is 34.0. The van der Waals surface area contributed by atoms with E-state index in [1.807, 2.05) is 52.0 Å². The molecule has 2 saturated heterocycles. The molecule has 2 aliphatic heterocycles. The van der Waals surface area contributed by atoms with Crippen molar-refractivity contribution in [3.05, 3.63) is 87.1 Å². The number of thiazole rings is 1. The van der Waals surface area contributed by atoms with Crippen LogP contribution in [0.25, 0.3) is 21.3 Å². The third kappa shape index (κ3) is 12.8. The van der Waals surface area contributed by atoms with Gasteiger partial charge in [0.25, 0.3) is 0 Å². The molecule has 5 aromatic rings. The summed E-state index contributed by atoms with van der Waals surface area (Å²) >= 11 is 14.3. The topological polar surface area (TPSA) is 212 Å². The number of piperazine rings is 1. The Morgan fingerprint density at radius 3 is 2.35 bits per heavy atom. The van der Waals surface area contributed by atoms with Gasteiger partial charge in [0.2, 0.25) is 23.6 Å². The Kier molecular flexibility index (Phi) is 17.3. The minimum atomic E-state index is -1.00. The summed E-state index contributed by atoms with van der Waals surface area (Å²) in [5, 5.41) is 30.9. The van der Waals surface area contributed by atoms with Crippen molar-refractivity contribution in [2.45, 2.75) is 78.1 Å². The van der Waals surface area contributed by atoms with E-state index in [0.717, 1.165) is 28.2 Å². The third-order valence-electron chi connectivity index (χ3n) is 12.7. The van der Waals surface area contributed by atoms with Crippen LogP contribution in [0.1, 0.15) is 63.3 Å². The van der Waals surface area contributed by atoms with E-state index in [-0.39, 0.29) is 44.2 Å². The van der Waals surface area contributed by atoms with Crippen LogP contribution < -0.4 is 30.2 Å². The van der Waals surface area contributed by atoms with Crippen molar-refractivity contribution in [1.82, 2.24) is 35.3 Å². The van der Waals surface area contributed by atoms with Crippen LogP contribution >= 0.6 is 34.5 Å². The maximum Gasteiger partial charge on any atom is 0.246 e. The van der Waals surface area contributed by atoms with E-state index >= 15 is 0 Å².